The molecule has 0 aliphatic carbocycles. The minimum absolute atomic E-state index is 0.421. The van der Waals surface area contributed by atoms with Gasteiger partial charge in [-0.15, -0.1) is 0 Å². The van der Waals surface area contributed by atoms with Gasteiger partial charge in [-0.25, -0.2) is 4.79 Å². The van der Waals surface area contributed by atoms with Gasteiger partial charge in [-0.05, 0) is 34.5 Å². The first-order valence-corrected chi connectivity index (χ1v) is 5.48. The van der Waals surface area contributed by atoms with Crippen LogP contribution in [0.4, 0.5) is 0 Å². The summed E-state index contributed by atoms with van der Waals surface area (Å²) in [6.07, 6.45) is 3.78. The van der Waals surface area contributed by atoms with Crippen LogP contribution in [0.2, 0.25) is 0 Å². The smallest absolute Gasteiger partial charge is 0.330 e. The lowest BCUT2D eigenvalue weighted by atomic mass is 10.0. The fourth-order valence-electron chi connectivity index (χ4n) is 1.79. The lowest BCUT2D eigenvalue weighted by Crippen LogP contribution is -1.93. The average Bonchev–Trinajstić information content (AvgIpc) is 2.43. The highest BCUT2D eigenvalue weighted by Gasteiger charge is 2.02. The first-order chi connectivity index (χ1) is 8.74. The Morgan fingerprint density at radius 1 is 1.22 bits per heavy atom. The number of esters is 1. The second-order valence-corrected chi connectivity index (χ2v) is 3.81. The van der Waals surface area contributed by atoms with E-state index in [2.05, 4.69) is 4.74 Å². The number of hydrogen-bond donors (Lipinski definition) is 0. The second-order valence-electron chi connectivity index (χ2n) is 3.81. The van der Waals surface area contributed by atoms with Gasteiger partial charge in [0.2, 0.25) is 0 Å². The number of carbonyl (C=O) groups excluding carboxylic acids is 2. The summed E-state index contributed by atoms with van der Waals surface area (Å²) in [5.74, 6) is -0.421. The van der Waals surface area contributed by atoms with Gasteiger partial charge in [0, 0.05) is 11.6 Å². The highest BCUT2D eigenvalue weighted by molar-refractivity contribution is 6.00. The van der Waals surface area contributed by atoms with Crippen LogP contribution in [0.15, 0.2) is 42.5 Å². The Morgan fingerprint density at radius 2 is 2.00 bits per heavy atom. The molecule has 0 aliphatic heterocycles. The molecule has 0 atom stereocenters. The van der Waals surface area contributed by atoms with Crippen molar-refractivity contribution in [2.75, 3.05) is 7.11 Å². The van der Waals surface area contributed by atoms with E-state index in [0.29, 0.717) is 5.56 Å². The predicted octanol–water partition coefficient (Wildman–Crippen LogP) is 2.84. The first kappa shape index (κ1) is 12.0. The zero-order valence-electron chi connectivity index (χ0n) is 9.92. The Labute approximate surface area is 105 Å². The van der Waals surface area contributed by atoms with E-state index in [1.165, 1.54) is 13.2 Å². The van der Waals surface area contributed by atoms with E-state index in [4.69, 9.17) is 0 Å². The maximum atomic E-state index is 11.1. The lowest BCUT2D eigenvalue weighted by Gasteiger charge is -2.03. The van der Waals surface area contributed by atoms with Gasteiger partial charge in [0.25, 0.3) is 0 Å². The van der Waals surface area contributed by atoms with Gasteiger partial charge in [0.15, 0.2) is 6.29 Å². The Morgan fingerprint density at radius 3 is 2.72 bits per heavy atom. The third kappa shape index (κ3) is 2.46. The van der Waals surface area contributed by atoms with Crippen LogP contribution >= 0.6 is 0 Å². The molecule has 0 aromatic heterocycles. The van der Waals surface area contributed by atoms with Gasteiger partial charge < -0.3 is 4.74 Å². The summed E-state index contributed by atoms with van der Waals surface area (Å²) in [6.45, 7) is 0. The maximum Gasteiger partial charge on any atom is 0.330 e. The minimum atomic E-state index is -0.421. The molecule has 2 rings (SSSR count). The predicted molar refractivity (Wildman–Crippen MR) is 70.4 cm³/mol. The van der Waals surface area contributed by atoms with Crippen molar-refractivity contribution in [2.45, 2.75) is 0 Å². The molecule has 0 saturated carbocycles. The number of rotatable bonds is 3. The normalized spacial score (nSPS) is 10.7. The molecule has 90 valence electrons. The van der Waals surface area contributed by atoms with Crippen LogP contribution in [0.3, 0.4) is 0 Å². The summed E-state index contributed by atoms with van der Waals surface area (Å²) in [5, 5.41) is 1.87. The molecule has 3 heteroatoms. The van der Waals surface area contributed by atoms with E-state index >= 15 is 0 Å². The number of carbonyl (C=O) groups is 2. The number of hydrogen-bond acceptors (Lipinski definition) is 3. The van der Waals surface area contributed by atoms with Crippen LogP contribution in [-0.2, 0) is 9.53 Å². The highest BCUT2D eigenvalue weighted by atomic mass is 16.5. The van der Waals surface area contributed by atoms with Gasteiger partial charge in [0.05, 0.1) is 7.11 Å². The molecule has 0 radical (unpaired) electrons. The van der Waals surface area contributed by atoms with Crippen LogP contribution in [0.1, 0.15) is 15.9 Å². The Bertz CT molecular complexity index is 627. The number of methoxy groups -OCH3 is 1. The molecule has 0 spiro atoms. The van der Waals surface area contributed by atoms with E-state index in [0.717, 1.165) is 22.6 Å². The maximum absolute atomic E-state index is 11.1. The Balaban J connectivity index is 2.50. The van der Waals surface area contributed by atoms with E-state index in [9.17, 15) is 9.59 Å². The van der Waals surface area contributed by atoms with Crippen molar-refractivity contribution in [3.8, 4) is 0 Å². The van der Waals surface area contributed by atoms with Gasteiger partial charge in [-0.1, -0.05) is 24.3 Å². The van der Waals surface area contributed by atoms with Crippen molar-refractivity contribution in [2.24, 2.45) is 0 Å². The van der Waals surface area contributed by atoms with Gasteiger partial charge in [-0.3, -0.25) is 4.79 Å². The molecule has 18 heavy (non-hydrogen) atoms. The Hall–Kier alpha value is -2.42. The zero-order valence-corrected chi connectivity index (χ0v) is 9.92. The molecule has 0 heterocycles. The summed E-state index contributed by atoms with van der Waals surface area (Å²) in [6, 6.07) is 11.3. The molecule has 2 aromatic carbocycles. The molecule has 0 N–H and O–H groups in total. The van der Waals surface area contributed by atoms with Crippen LogP contribution < -0.4 is 0 Å². The van der Waals surface area contributed by atoms with Crippen molar-refractivity contribution < 1.29 is 14.3 Å². The standard InChI is InChI=1S/C15H12O3/c1-18-15(17)7-6-11-8-12-4-2-3-5-14(12)13(9-11)10-16/h2-10H,1H3/b7-6+. The minimum Gasteiger partial charge on any atom is -0.466 e. The topological polar surface area (TPSA) is 43.4 Å². The van der Waals surface area contributed by atoms with E-state index in [1.807, 2.05) is 30.3 Å². The number of ether oxygens (including phenoxy) is 1. The second kappa shape index (κ2) is 5.27. The number of fused-ring (bicyclic) bond motifs is 1. The number of aldehydes is 1. The summed E-state index contributed by atoms with van der Waals surface area (Å²) in [7, 11) is 1.32. The molecular weight excluding hydrogens is 228 g/mol. The van der Waals surface area contributed by atoms with Crippen molar-refractivity contribution in [3.63, 3.8) is 0 Å². The van der Waals surface area contributed by atoms with E-state index in [1.54, 1.807) is 12.1 Å². The monoisotopic (exact) mass is 240 g/mol. The molecule has 0 amide bonds. The SMILES string of the molecule is COC(=O)/C=C/c1cc(C=O)c2ccccc2c1. The van der Waals surface area contributed by atoms with Crippen molar-refractivity contribution in [3.05, 3.63) is 53.6 Å². The molecule has 0 saturated heterocycles. The Kier molecular flexibility index (Phi) is 3.53. The third-order valence-electron chi connectivity index (χ3n) is 2.66. The fourth-order valence-corrected chi connectivity index (χ4v) is 1.79. The lowest BCUT2D eigenvalue weighted by molar-refractivity contribution is -0.134. The molecule has 0 unspecified atom stereocenters. The molecule has 3 nitrogen and oxygen atoms in total. The van der Waals surface area contributed by atoms with Gasteiger partial charge in [0.1, 0.15) is 0 Å². The van der Waals surface area contributed by atoms with Crippen molar-refractivity contribution in [1.29, 1.82) is 0 Å². The third-order valence-corrected chi connectivity index (χ3v) is 2.66. The van der Waals surface area contributed by atoms with Crippen LogP contribution in [0.25, 0.3) is 16.8 Å². The molecule has 0 fully saturated rings. The van der Waals surface area contributed by atoms with Gasteiger partial charge >= 0.3 is 5.97 Å². The van der Waals surface area contributed by atoms with E-state index < -0.39 is 5.97 Å². The number of benzene rings is 2. The zero-order chi connectivity index (χ0) is 13.0. The first-order valence-electron chi connectivity index (χ1n) is 5.48. The summed E-state index contributed by atoms with van der Waals surface area (Å²) < 4.78 is 4.52. The molecule has 0 bridgehead atoms. The summed E-state index contributed by atoms with van der Waals surface area (Å²) >= 11 is 0. The molecule has 2 aromatic rings. The van der Waals surface area contributed by atoms with Crippen molar-refractivity contribution >= 4 is 29.1 Å². The highest BCUT2D eigenvalue weighted by Crippen LogP contribution is 2.20. The average molecular weight is 240 g/mol. The van der Waals surface area contributed by atoms with Crippen LogP contribution in [-0.4, -0.2) is 19.4 Å². The molecule has 0 aliphatic rings. The fraction of sp³-hybridized carbons (Fsp3) is 0.0667. The van der Waals surface area contributed by atoms with Crippen LogP contribution in [0.5, 0.6) is 0 Å². The summed E-state index contributed by atoms with van der Waals surface area (Å²) in [4.78, 5) is 22.1. The summed E-state index contributed by atoms with van der Waals surface area (Å²) in [5.41, 5.74) is 1.40. The van der Waals surface area contributed by atoms with Crippen molar-refractivity contribution in [1.82, 2.24) is 0 Å². The van der Waals surface area contributed by atoms with Gasteiger partial charge in [-0.2, -0.15) is 0 Å². The van der Waals surface area contributed by atoms with E-state index in [-0.39, 0.29) is 0 Å². The largest absolute Gasteiger partial charge is 0.466 e. The van der Waals surface area contributed by atoms with Crippen LogP contribution in [0, 0.1) is 0 Å². The molecular formula is C15H12O3. The quantitative estimate of drug-likeness (QED) is 0.470.